The molecule has 7 heteroatoms. The quantitative estimate of drug-likeness (QED) is 0.263. The summed E-state index contributed by atoms with van der Waals surface area (Å²) in [6.45, 7) is 2.12. The summed E-state index contributed by atoms with van der Waals surface area (Å²) in [4.78, 5) is 23.2. The Hall–Kier alpha value is -3.48. The number of anilines is 1. The van der Waals surface area contributed by atoms with Crippen molar-refractivity contribution in [1.29, 1.82) is 0 Å². The van der Waals surface area contributed by atoms with Crippen LogP contribution in [0.5, 0.6) is 0 Å². The summed E-state index contributed by atoms with van der Waals surface area (Å²) in [7, 11) is 0. The fraction of sp³-hybridized carbons (Fsp3) is 0.148. The van der Waals surface area contributed by atoms with Crippen molar-refractivity contribution in [3.63, 3.8) is 0 Å². The van der Waals surface area contributed by atoms with Crippen molar-refractivity contribution in [2.24, 2.45) is 0 Å². The van der Waals surface area contributed by atoms with Crippen molar-refractivity contribution in [2.45, 2.75) is 25.8 Å². The number of aromatic nitrogens is 2. The summed E-state index contributed by atoms with van der Waals surface area (Å²) in [6.07, 6.45) is 2.55. The zero-order chi connectivity index (χ0) is 23.7. The number of carbonyl (C=O) groups is 1. The van der Waals surface area contributed by atoms with Gasteiger partial charge in [-0.3, -0.25) is 0 Å². The Kier molecular flexibility index (Phi) is 6.18. The SMILES string of the molecule is CCc1sc2ncnc(N[C@H](Cc3ccccc3Cl)C(=O)O)c2c1-c1cccc2ccccc12. The molecule has 1 atom stereocenters. The molecule has 0 fully saturated rings. The molecule has 2 heterocycles. The lowest BCUT2D eigenvalue weighted by atomic mass is 9.96. The highest BCUT2D eigenvalue weighted by molar-refractivity contribution is 7.19. The highest BCUT2D eigenvalue weighted by atomic mass is 35.5. The Morgan fingerprint density at radius 3 is 2.62 bits per heavy atom. The van der Waals surface area contributed by atoms with Crippen LogP contribution in [-0.4, -0.2) is 27.1 Å². The summed E-state index contributed by atoms with van der Waals surface area (Å²) < 4.78 is 0. The third kappa shape index (κ3) is 4.11. The van der Waals surface area contributed by atoms with Crippen molar-refractivity contribution in [3.8, 4) is 11.1 Å². The molecule has 0 radical (unpaired) electrons. The van der Waals surface area contributed by atoms with Gasteiger partial charge in [-0.15, -0.1) is 11.3 Å². The van der Waals surface area contributed by atoms with E-state index >= 15 is 0 Å². The van der Waals surface area contributed by atoms with Crippen molar-refractivity contribution in [2.75, 3.05) is 5.32 Å². The molecule has 0 saturated carbocycles. The first kappa shape index (κ1) is 22.3. The highest BCUT2D eigenvalue weighted by Crippen LogP contribution is 2.43. The van der Waals surface area contributed by atoms with Crippen LogP contribution in [0.25, 0.3) is 32.1 Å². The number of halogens is 1. The predicted octanol–water partition coefficient (Wildman–Crippen LogP) is 6.84. The van der Waals surface area contributed by atoms with Crippen LogP contribution in [0.3, 0.4) is 0 Å². The van der Waals surface area contributed by atoms with E-state index in [2.05, 4.69) is 52.5 Å². The van der Waals surface area contributed by atoms with E-state index in [1.165, 1.54) is 11.2 Å². The first-order valence-electron chi connectivity index (χ1n) is 11.0. The fourth-order valence-corrected chi connectivity index (χ4v) is 5.62. The van der Waals surface area contributed by atoms with Gasteiger partial charge in [0.25, 0.3) is 0 Å². The Morgan fingerprint density at radius 1 is 1.06 bits per heavy atom. The summed E-state index contributed by atoms with van der Waals surface area (Å²) >= 11 is 7.93. The van der Waals surface area contributed by atoms with Gasteiger partial charge in [-0.2, -0.15) is 0 Å². The number of benzene rings is 3. The van der Waals surface area contributed by atoms with Crippen LogP contribution >= 0.6 is 22.9 Å². The van der Waals surface area contributed by atoms with Gasteiger partial charge in [0.1, 0.15) is 23.0 Å². The maximum atomic E-state index is 12.2. The minimum absolute atomic E-state index is 0.231. The highest BCUT2D eigenvalue weighted by Gasteiger charge is 2.24. The molecule has 0 spiro atoms. The van der Waals surface area contributed by atoms with Crippen LogP contribution in [0.15, 0.2) is 73.1 Å². The molecule has 5 rings (SSSR count). The van der Waals surface area contributed by atoms with Gasteiger partial charge in [-0.05, 0) is 34.4 Å². The molecule has 0 amide bonds. The molecular formula is C27H22ClN3O2S. The third-order valence-corrected chi connectivity index (χ3v) is 7.54. The smallest absolute Gasteiger partial charge is 0.326 e. The number of aliphatic carboxylic acids is 1. The largest absolute Gasteiger partial charge is 0.480 e. The van der Waals surface area contributed by atoms with E-state index < -0.39 is 12.0 Å². The number of carboxylic acid groups (broad SMARTS) is 1. The average molecular weight is 488 g/mol. The summed E-state index contributed by atoms with van der Waals surface area (Å²) in [5, 5.41) is 16.9. The lowest BCUT2D eigenvalue weighted by molar-refractivity contribution is -0.137. The number of rotatable bonds is 7. The molecule has 0 unspecified atom stereocenters. The average Bonchev–Trinajstić information content (AvgIpc) is 3.24. The zero-order valence-electron chi connectivity index (χ0n) is 18.5. The number of fused-ring (bicyclic) bond motifs is 2. The first-order valence-corrected chi connectivity index (χ1v) is 12.2. The van der Waals surface area contributed by atoms with Crippen LogP contribution in [0.4, 0.5) is 5.82 Å². The second-order valence-corrected chi connectivity index (χ2v) is 9.50. The third-order valence-electron chi connectivity index (χ3n) is 5.93. The molecule has 3 aromatic carbocycles. The van der Waals surface area contributed by atoms with Crippen molar-refractivity contribution < 1.29 is 9.90 Å². The van der Waals surface area contributed by atoms with Gasteiger partial charge in [0.2, 0.25) is 0 Å². The number of hydrogen-bond acceptors (Lipinski definition) is 5. The van der Waals surface area contributed by atoms with E-state index in [1.807, 2.05) is 30.3 Å². The van der Waals surface area contributed by atoms with Gasteiger partial charge in [-0.1, -0.05) is 79.2 Å². The van der Waals surface area contributed by atoms with Gasteiger partial charge in [0.05, 0.1) is 5.39 Å². The van der Waals surface area contributed by atoms with Crippen LogP contribution in [-0.2, 0) is 17.6 Å². The Bertz CT molecular complexity index is 1510. The van der Waals surface area contributed by atoms with E-state index in [4.69, 9.17) is 11.6 Å². The Balaban J connectivity index is 1.66. The summed E-state index contributed by atoms with van der Waals surface area (Å²) in [6, 6.07) is 20.9. The molecule has 0 aliphatic rings. The minimum atomic E-state index is -0.968. The van der Waals surface area contributed by atoms with E-state index in [1.54, 1.807) is 17.4 Å². The molecule has 34 heavy (non-hydrogen) atoms. The van der Waals surface area contributed by atoms with Crippen molar-refractivity contribution in [3.05, 3.63) is 88.5 Å². The van der Waals surface area contributed by atoms with Crippen molar-refractivity contribution in [1.82, 2.24) is 9.97 Å². The number of carboxylic acids is 1. The van der Waals surface area contributed by atoms with E-state index in [0.29, 0.717) is 10.8 Å². The number of thiophene rings is 1. The number of hydrogen-bond donors (Lipinski definition) is 2. The topological polar surface area (TPSA) is 75.1 Å². The second kappa shape index (κ2) is 9.41. The zero-order valence-corrected chi connectivity index (χ0v) is 20.0. The van der Waals surface area contributed by atoms with Gasteiger partial charge in [0.15, 0.2) is 0 Å². The number of nitrogens with zero attached hydrogens (tertiary/aromatic N) is 2. The maximum Gasteiger partial charge on any atom is 0.326 e. The molecule has 0 bridgehead atoms. The first-order chi connectivity index (χ1) is 16.6. The normalized spacial score (nSPS) is 12.2. The molecule has 2 N–H and O–H groups in total. The van der Waals surface area contributed by atoms with Crippen molar-refractivity contribution >= 4 is 55.7 Å². The molecule has 5 aromatic rings. The van der Waals surface area contributed by atoms with Gasteiger partial charge in [-0.25, -0.2) is 14.8 Å². The number of nitrogens with one attached hydrogen (secondary N) is 1. The molecule has 0 aliphatic heterocycles. The van der Waals surface area contributed by atoms with Crippen LogP contribution < -0.4 is 5.32 Å². The Labute approximate surface area is 206 Å². The Morgan fingerprint density at radius 2 is 1.82 bits per heavy atom. The minimum Gasteiger partial charge on any atom is -0.480 e. The van der Waals surface area contributed by atoms with E-state index in [-0.39, 0.29) is 6.42 Å². The van der Waals surface area contributed by atoms with E-state index in [9.17, 15) is 9.90 Å². The summed E-state index contributed by atoms with van der Waals surface area (Å²) in [5.74, 6) is -0.451. The lowest BCUT2D eigenvalue weighted by Gasteiger charge is -2.17. The fourth-order valence-electron chi connectivity index (χ4n) is 4.31. The lowest BCUT2D eigenvalue weighted by Crippen LogP contribution is -2.32. The monoisotopic (exact) mass is 487 g/mol. The van der Waals surface area contributed by atoms with Gasteiger partial charge < -0.3 is 10.4 Å². The molecule has 0 aliphatic carbocycles. The maximum absolute atomic E-state index is 12.2. The number of aryl methyl sites for hydroxylation is 1. The van der Waals surface area contributed by atoms with E-state index in [0.717, 1.165) is 44.1 Å². The predicted molar refractivity (Wildman–Crippen MR) is 140 cm³/mol. The molecule has 170 valence electrons. The second-order valence-electron chi connectivity index (χ2n) is 8.01. The van der Waals surface area contributed by atoms with Gasteiger partial charge in [0, 0.05) is 21.9 Å². The van der Waals surface area contributed by atoms with Crippen LogP contribution in [0, 0.1) is 0 Å². The van der Waals surface area contributed by atoms with Gasteiger partial charge >= 0.3 is 5.97 Å². The van der Waals surface area contributed by atoms with Crippen LogP contribution in [0.2, 0.25) is 5.02 Å². The molecule has 5 nitrogen and oxygen atoms in total. The summed E-state index contributed by atoms with van der Waals surface area (Å²) in [5.41, 5.74) is 2.92. The molecular weight excluding hydrogens is 466 g/mol. The van der Waals surface area contributed by atoms with Crippen LogP contribution in [0.1, 0.15) is 17.4 Å². The molecule has 0 saturated heterocycles. The standard InChI is InChI=1S/C27H22ClN3O2S/c1-2-22-23(19-12-7-10-16-8-3-5-11-18(16)19)24-25(29-15-30-26(24)34-22)31-21(27(32)33)14-17-9-4-6-13-20(17)28/h3-13,15,21H,2,14H2,1H3,(H,32,33)(H,29,30,31)/t21-/m1/s1. The molecule has 2 aromatic heterocycles.